The Labute approximate surface area is 138 Å². The molecule has 0 radical (unpaired) electrons. The van der Waals surface area contributed by atoms with Gasteiger partial charge in [-0.1, -0.05) is 23.8 Å². The van der Waals surface area contributed by atoms with Crippen molar-refractivity contribution in [3.05, 3.63) is 58.1 Å². The normalized spacial score (nSPS) is 10.7. The number of nitrogens with zero attached hydrogens (tertiary/aromatic N) is 2. The number of thiophene rings is 1. The van der Waals surface area contributed by atoms with Crippen molar-refractivity contribution in [3.8, 4) is 11.5 Å². The van der Waals surface area contributed by atoms with E-state index in [-0.39, 0.29) is 5.91 Å². The molecule has 1 aromatic carbocycles. The van der Waals surface area contributed by atoms with Crippen molar-refractivity contribution in [1.29, 1.82) is 0 Å². The molecule has 118 valence electrons. The van der Waals surface area contributed by atoms with Crippen molar-refractivity contribution >= 4 is 17.2 Å². The van der Waals surface area contributed by atoms with Crippen LogP contribution >= 0.6 is 11.3 Å². The Balaban J connectivity index is 1.50. The first kappa shape index (κ1) is 15.4. The van der Waals surface area contributed by atoms with E-state index in [9.17, 15) is 4.79 Å². The summed E-state index contributed by atoms with van der Waals surface area (Å²) in [6, 6.07) is 11.8. The summed E-state index contributed by atoms with van der Waals surface area (Å²) in [6.45, 7) is 2.50. The van der Waals surface area contributed by atoms with Crippen molar-refractivity contribution < 1.29 is 9.21 Å². The van der Waals surface area contributed by atoms with E-state index in [0.29, 0.717) is 31.2 Å². The van der Waals surface area contributed by atoms with Crippen LogP contribution in [0.25, 0.3) is 11.5 Å². The van der Waals surface area contributed by atoms with Gasteiger partial charge in [0.1, 0.15) is 0 Å². The van der Waals surface area contributed by atoms with E-state index >= 15 is 0 Å². The number of hydrogen-bond donors (Lipinski definition) is 1. The van der Waals surface area contributed by atoms with E-state index in [1.807, 2.05) is 48.7 Å². The van der Waals surface area contributed by atoms with Gasteiger partial charge in [0.05, 0.1) is 6.42 Å². The molecule has 0 aliphatic heterocycles. The maximum Gasteiger partial charge on any atom is 0.247 e. The molecule has 0 saturated heterocycles. The van der Waals surface area contributed by atoms with Gasteiger partial charge in [-0.15, -0.1) is 21.5 Å². The third-order valence-electron chi connectivity index (χ3n) is 3.31. The molecular weight excluding hydrogens is 310 g/mol. The van der Waals surface area contributed by atoms with Crippen LogP contribution in [0.5, 0.6) is 0 Å². The lowest BCUT2D eigenvalue weighted by molar-refractivity contribution is -0.120. The predicted molar refractivity (Wildman–Crippen MR) is 89.2 cm³/mol. The Morgan fingerprint density at radius 3 is 2.96 bits per heavy atom. The average molecular weight is 327 g/mol. The summed E-state index contributed by atoms with van der Waals surface area (Å²) in [5, 5.41) is 12.9. The highest BCUT2D eigenvalue weighted by atomic mass is 32.1. The topological polar surface area (TPSA) is 68.0 Å². The first-order valence-corrected chi connectivity index (χ1v) is 8.27. The van der Waals surface area contributed by atoms with Crippen LogP contribution < -0.4 is 5.32 Å². The lowest BCUT2D eigenvalue weighted by atomic mass is 10.1. The van der Waals surface area contributed by atoms with E-state index in [1.165, 1.54) is 0 Å². The van der Waals surface area contributed by atoms with E-state index in [4.69, 9.17) is 4.42 Å². The van der Waals surface area contributed by atoms with Gasteiger partial charge in [-0.3, -0.25) is 4.79 Å². The van der Waals surface area contributed by atoms with Gasteiger partial charge >= 0.3 is 0 Å². The summed E-state index contributed by atoms with van der Waals surface area (Å²) in [6.07, 6.45) is 0.936. The van der Waals surface area contributed by atoms with Gasteiger partial charge in [0.15, 0.2) is 0 Å². The minimum atomic E-state index is 0.00544. The van der Waals surface area contributed by atoms with Crippen LogP contribution in [0.3, 0.4) is 0 Å². The Morgan fingerprint density at radius 2 is 2.17 bits per heavy atom. The smallest absolute Gasteiger partial charge is 0.247 e. The summed E-state index contributed by atoms with van der Waals surface area (Å²) < 4.78 is 5.64. The van der Waals surface area contributed by atoms with Crippen LogP contribution in [0.4, 0.5) is 0 Å². The first-order valence-electron chi connectivity index (χ1n) is 7.39. The van der Waals surface area contributed by atoms with E-state index in [2.05, 4.69) is 15.5 Å². The van der Waals surface area contributed by atoms with Crippen LogP contribution in [-0.4, -0.2) is 22.6 Å². The lowest BCUT2D eigenvalue weighted by Crippen LogP contribution is -2.27. The minimum absolute atomic E-state index is 0.00544. The number of carbonyl (C=O) groups excluding carboxylic acids is 1. The molecule has 3 aromatic rings. The van der Waals surface area contributed by atoms with Crippen LogP contribution in [0, 0.1) is 6.92 Å². The molecule has 3 rings (SSSR count). The molecule has 2 heterocycles. The zero-order valence-electron chi connectivity index (χ0n) is 12.8. The fourth-order valence-corrected chi connectivity index (χ4v) is 2.90. The van der Waals surface area contributed by atoms with E-state index in [0.717, 1.165) is 16.0 Å². The molecule has 0 aliphatic carbocycles. The zero-order chi connectivity index (χ0) is 16.1. The summed E-state index contributed by atoms with van der Waals surface area (Å²) in [5.41, 5.74) is 2.05. The number of hydrogen-bond acceptors (Lipinski definition) is 5. The first-order chi connectivity index (χ1) is 11.2. The fourth-order valence-electron chi connectivity index (χ4n) is 2.19. The monoisotopic (exact) mass is 327 g/mol. The standard InChI is InChI=1S/C17H17N3O2S/c1-12-4-2-5-13(10-12)17-20-19-16(22-17)7-8-18-15(21)11-14-6-3-9-23-14/h2-6,9-10H,7-8,11H2,1H3,(H,18,21). The molecular formula is C17H17N3O2S. The summed E-state index contributed by atoms with van der Waals surface area (Å²) in [7, 11) is 0. The number of benzene rings is 1. The number of aromatic nitrogens is 2. The molecule has 0 bridgehead atoms. The zero-order valence-corrected chi connectivity index (χ0v) is 13.6. The molecule has 0 aliphatic rings. The largest absolute Gasteiger partial charge is 0.421 e. The van der Waals surface area contributed by atoms with E-state index < -0.39 is 0 Å². The van der Waals surface area contributed by atoms with Gasteiger partial charge in [-0.05, 0) is 30.5 Å². The fraction of sp³-hybridized carbons (Fsp3) is 0.235. The van der Waals surface area contributed by atoms with E-state index in [1.54, 1.807) is 11.3 Å². The molecule has 0 atom stereocenters. The Morgan fingerprint density at radius 1 is 1.26 bits per heavy atom. The second kappa shape index (κ2) is 7.19. The van der Waals surface area contributed by atoms with Gasteiger partial charge in [-0.2, -0.15) is 0 Å². The van der Waals surface area contributed by atoms with Gasteiger partial charge < -0.3 is 9.73 Å². The Kier molecular flexibility index (Phi) is 4.83. The Bertz CT molecular complexity index is 781. The maximum absolute atomic E-state index is 11.8. The van der Waals surface area contributed by atoms with Crippen molar-refractivity contribution in [2.75, 3.05) is 6.54 Å². The highest BCUT2D eigenvalue weighted by Gasteiger charge is 2.09. The second-order valence-electron chi connectivity index (χ2n) is 5.23. The molecule has 0 spiro atoms. The van der Waals surface area contributed by atoms with Crippen LogP contribution in [-0.2, 0) is 17.6 Å². The average Bonchev–Trinajstić information content (AvgIpc) is 3.19. The second-order valence-corrected chi connectivity index (χ2v) is 6.26. The number of carbonyl (C=O) groups is 1. The van der Waals surface area contributed by atoms with Crippen LogP contribution in [0.15, 0.2) is 46.2 Å². The Hall–Kier alpha value is -2.47. The molecule has 1 amide bonds. The highest BCUT2D eigenvalue weighted by Crippen LogP contribution is 2.18. The number of rotatable bonds is 6. The van der Waals surface area contributed by atoms with Crippen LogP contribution in [0.2, 0.25) is 0 Å². The van der Waals surface area contributed by atoms with Crippen molar-refractivity contribution in [3.63, 3.8) is 0 Å². The van der Waals surface area contributed by atoms with Crippen molar-refractivity contribution in [1.82, 2.24) is 15.5 Å². The lowest BCUT2D eigenvalue weighted by Gasteiger charge is -2.01. The van der Waals surface area contributed by atoms with Crippen molar-refractivity contribution in [2.24, 2.45) is 0 Å². The summed E-state index contributed by atoms with van der Waals surface area (Å²) in [4.78, 5) is 12.9. The molecule has 0 unspecified atom stereocenters. The van der Waals surface area contributed by atoms with Crippen LogP contribution in [0.1, 0.15) is 16.3 Å². The highest BCUT2D eigenvalue weighted by molar-refractivity contribution is 7.10. The molecule has 6 heteroatoms. The van der Waals surface area contributed by atoms with Crippen molar-refractivity contribution in [2.45, 2.75) is 19.8 Å². The summed E-state index contributed by atoms with van der Waals surface area (Å²) >= 11 is 1.58. The predicted octanol–water partition coefficient (Wildman–Crippen LogP) is 3.01. The summed E-state index contributed by atoms with van der Waals surface area (Å²) in [5.74, 6) is 1.04. The molecule has 0 saturated carbocycles. The SMILES string of the molecule is Cc1cccc(-c2nnc(CCNC(=O)Cc3cccs3)o2)c1. The maximum atomic E-state index is 11.8. The molecule has 23 heavy (non-hydrogen) atoms. The number of aryl methyl sites for hydroxylation is 1. The number of nitrogens with one attached hydrogen (secondary N) is 1. The van der Waals surface area contributed by atoms with Gasteiger partial charge in [0.25, 0.3) is 0 Å². The van der Waals surface area contributed by atoms with Gasteiger partial charge in [-0.25, -0.2) is 0 Å². The molecule has 0 fully saturated rings. The van der Waals surface area contributed by atoms with Gasteiger partial charge in [0.2, 0.25) is 17.7 Å². The quantitative estimate of drug-likeness (QED) is 0.756. The van der Waals surface area contributed by atoms with Gasteiger partial charge in [0, 0.05) is 23.4 Å². The third kappa shape index (κ3) is 4.26. The third-order valence-corrected chi connectivity index (χ3v) is 4.18. The molecule has 5 nitrogen and oxygen atoms in total. The number of amides is 1. The molecule has 2 aromatic heterocycles. The minimum Gasteiger partial charge on any atom is -0.421 e. The molecule has 1 N–H and O–H groups in total.